The van der Waals surface area contributed by atoms with E-state index in [0.717, 1.165) is 31.7 Å². The van der Waals surface area contributed by atoms with Gasteiger partial charge in [0.25, 0.3) is 5.91 Å². The van der Waals surface area contributed by atoms with Crippen LogP contribution >= 0.6 is 0 Å². The first-order valence-electron chi connectivity index (χ1n) is 7.30. The van der Waals surface area contributed by atoms with Crippen LogP contribution in [0.25, 0.3) is 0 Å². The Balaban J connectivity index is 1.45. The maximum Gasteiger partial charge on any atom is 0.286 e. The van der Waals surface area contributed by atoms with Gasteiger partial charge in [-0.1, -0.05) is 6.07 Å². The predicted molar refractivity (Wildman–Crippen MR) is 80.2 cm³/mol. The number of nitrogens with one attached hydrogen (secondary N) is 1. The van der Waals surface area contributed by atoms with Gasteiger partial charge in [-0.25, -0.2) is 4.98 Å². The minimum atomic E-state index is -0.132. The standard InChI is InChI=1S/C16H19N3O2/c20-16(14-4-3-11-21-14)18-12-13-6-9-19(10-7-13)15-5-1-2-8-17-15/h1-5,8,11,13H,6-7,9-10,12H2,(H,18,20). The topological polar surface area (TPSA) is 58.4 Å². The number of furan rings is 1. The molecular formula is C16H19N3O2. The van der Waals surface area contributed by atoms with Crippen molar-refractivity contribution in [3.63, 3.8) is 0 Å². The lowest BCUT2D eigenvalue weighted by Crippen LogP contribution is -2.38. The highest BCUT2D eigenvalue weighted by Gasteiger charge is 2.20. The molecule has 5 heteroatoms. The molecule has 2 aromatic rings. The number of carbonyl (C=O) groups is 1. The normalized spacial score (nSPS) is 15.9. The van der Waals surface area contributed by atoms with Crippen molar-refractivity contribution in [2.45, 2.75) is 12.8 Å². The summed E-state index contributed by atoms with van der Waals surface area (Å²) in [7, 11) is 0. The molecule has 1 saturated heterocycles. The maximum absolute atomic E-state index is 11.8. The molecule has 0 spiro atoms. The molecule has 0 atom stereocenters. The highest BCUT2D eigenvalue weighted by Crippen LogP contribution is 2.21. The van der Waals surface area contributed by atoms with Gasteiger partial charge in [-0.3, -0.25) is 4.79 Å². The van der Waals surface area contributed by atoms with Crippen molar-refractivity contribution in [1.29, 1.82) is 0 Å². The Hall–Kier alpha value is -2.30. The van der Waals surface area contributed by atoms with Crippen LogP contribution in [0.5, 0.6) is 0 Å². The van der Waals surface area contributed by atoms with Crippen molar-refractivity contribution in [2.24, 2.45) is 5.92 Å². The molecule has 2 aromatic heterocycles. The molecule has 0 aliphatic carbocycles. The van der Waals surface area contributed by atoms with E-state index in [1.807, 2.05) is 24.4 Å². The zero-order chi connectivity index (χ0) is 14.5. The smallest absolute Gasteiger partial charge is 0.286 e. The number of piperidine rings is 1. The molecule has 1 N–H and O–H groups in total. The summed E-state index contributed by atoms with van der Waals surface area (Å²) in [4.78, 5) is 18.5. The number of nitrogens with zero attached hydrogens (tertiary/aromatic N) is 2. The lowest BCUT2D eigenvalue weighted by Gasteiger charge is -2.32. The van der Waals surface area contributed by atoms with E-state index in [0.29, 0.717) is 18.2 Å². The second-order valence-electron chi connectivity index (χ2n) is 5.31. The molecule has 21 heavy (non-hydrogen) atoms. The van der Waals surface area contributed by atoms with E-state index in [-0.39, 0.29) is 5.91 Å². The molecule has 5 nitrogen and oxygen atoms in total. The van der Waals surface area contributed by atoms with Crippen LogP contribution in [0.2, 0.25) is 0 Å². The molecule has 0 saturated carbocycles. The van der Waals surface area contributed by atoms with Gasteiger partial charge in [-0.05, 0) is 43.0 Å². The lowest BCUT2D eigenvalue weighted by atomic mass is 9.97. The minimum Gasteiger partial charge on any atom is -0.459 e. The highest BCUT2D eigenvalue weighted by molar-refractivity contribution is 5.91. The number of hydrogen-bond donors (Lipinski definition) is 1. The SMILES string of the molecule is O=C(NCC1CCN(c2ccccn2)CC1)c1ccco1. The fraction of sp³-hybridized carbons (Fsp3) is 0.375. The van der Waals surface area contributed by atoms with Crippen LogP contribution in [0.3, 0.4) is 0 Å². The van der Waals surface area contributed by atoms with Gasteiger partial charge in [0.05, 0.1) is 6.26 Å². The van der Waals surface area contributed by atoms with Crippen LogP contribution in [-0.2, 0) is 0 Å². The van der Waals surface area contributed by atoms with E-state index < -0.39 is 0 Å². The van der Waals surface area contributed by atoms with Crippen molar-refractivity contribution in [3.05, 3.63) is 48.6 Å². The monoisotopic (exact) mass is 285 g/mol. The van der Waals surface area contributed by atoms with Gasteiger partial charge in [0, 0.05) is 25.8 Å². The largest absolute Gasteiger partial charge is 0.459 e. The Labute approximate surface area is 124 Å². The van der Waals surface area contributed by atoms with E-state index in [2.05, 4.69) is 15.2 Å². The van der Waals surface area contributed by atoms with Crippen molar-refractivity contribution in [3.8, 4) is 0 Å². The van der Waals surface area contributed by atoms with Gasteiger partial charge in [0.15, 0.2) is 5.76 Å². The van der Waals surface area contributed by atoms with Crippen molar-refractivity contribution in [2.75, 3.05) is 24.5 Å². The van der Waals surface area contributed by atoms with E-state index in [4.69, 9.17) is 4.42 Å². The first-order valence-corrected chi connectivity index (χ1v) is 7.30. The van der Waals surface area contributed by atoms with Gasteiger partial charge < -0.3 is 14.6 Å². The van der Waals surface area contributed by atoms with E-state index in [1.54, 1.807) is 12.1 Å². The highest BCUT2D eigenvalue weighted by atomic mass is 16.3. The molecule has 3 rings (SSSR count). The Morgan fingerprint density at radius 2 is 2.14 bits per heavy atom. The third kappa shape index (κ3) is 3.42. The van der Waals surface area contributed by atoms with Gasteiger partial charge in [0.1, 0.15) is 5.82 Å². The number of rotatable bonds is 4. The summed E-state index contributed by atoms with van der Waals surface area (Å²) in [6, 6.07) is 9.39. The average Bonchev–Trinajstić information content (AvgIpc) is 3.08. The van der Waals surface area contributed by atoms with Gasteiger partial charge in [0.2, 0.25) is 0 Å². The van der Waals surface area contributed by atoms with Crippen LogP contribution in [0.1, 0.15) is 23.4 Å². The van der Waals surface area contributed by atoms with Crippen molar-refractivity contribution < 1.29 is 9.21 Å². The van der Waals surface area contributed by atoms with Crippen LogP contribution in [-0.4, -0.2) is 30.5 Å². The summed E-state index contributed by atoms with van der Waals surface area (Å²) in [6.07, 6.45) is 5.47. The molecule has 1 aliphatic heterocycles. The average molecular weight is 285 g/mol. The molecular weight excluding hydrogens is 266 g/mol. The fourth-order valence-electron chi connectivity index (χ4n) is 2.64. The Kier molecular flexibility index (Phi) is 4.19. The quantitative estimate of drug-likeness (QED) is 0.936. The molecule has 0 bridgehead atoms. The molecule has 0 aromatic carbocycles. The number of amides is 1. The first kappa shape index (κ1) is 13.7. The van der Waals surface area contributed by atoms with Crippen LogP contribution in [0.15, 0.2) is 47.2 Å². The predicted octanol–water partition coefficient (Wildman–Crippen LogP) is 2.32. The molecule has 1 fully saturated rings. The summed E-state index contributed by atoms with van der Waals surface area (Å²) in [5.74, 6) is 1.80. The first-order chi connectivity index (χ1) is 10.3. The molecule has 0 radical (unpaired) electrons. The maximum atomic E-state index is 11.8. The number of anilines is 1. The van der Waals surface area contributed by atoms with Gasteiger partial charge in [-0.15, -0.1) is 0 Å². The number of pyridine rings is 1. The van der Waals surface area contributed by atoms with Crippen LogP contribution < -0.4 is 10.2 Å². The lowest BCUT2D eigenvalue weighted by molar-refractivity contribution is 0.0917. The summed E-state index contributed by atoms with van der Waals surface area (Å²) in [6.45, 7) is 2.67. The van der Waals surface area contributed by atoms with E-state index in [9.17, 15) is 4.79 Å². The fourth-order valence-corrected chi connectivity index (χ4v) is 2.64. The summed E-state index contributed by atoms with van der Waals surface area (Å²) in [5, 5.41) is 2.94. The second-order valence-corrected chi connectivity index (χ2v) is 5.31. The molecule has 1 aliphatic rings. The van der Waals surface area contributed by atoms with E-state index >= 15 is 0 Å². The Morgan fingerprint density at radius 1 is 1.29 bits per heavy atom. The summed E-state index contributed by atoms with van der Waals surface area (Å²) in [5.41, 5.74) is 0. The molecule has 3 heterocycles. The number of hydrogen-bond acceptors (Lipinski definition) is 4. The Morgan fingerprint density at radius 3 is 2.81 bits per heavy atom. The summed E-state index contributed by atoms with van der Waals surface area (Å²) >= 11 is 0. The third-order valence-electron chi connectivity index (χ3n) is 3.88. The van der Waals surface area contributed by atoms with Gasteiger partial charge >= 0.3 is 0 Å². The van der Waals surface area contributed by atoms with Crippen molar-refractivity contribution >= 4 is 11.7 Å². The molecule has 1 amide bonds. The third-order valence-corrected chi connectivity index (χ3v) is 3.88. The minimum absolute atomic E-state index is 0.132. The van der Waals surface area contributed by atoms with Gasteiger partial charge in [-0.2, -0.15) is 0 Å². The van der Waals surface area contributed by atoms with Crippen LogP contribution in [0.4, 0.5) is 5.82 Å². The van der Waals surface area contributed by atoms with E-state index in [1.165, 1.54) is 6.26 Å². The Bertz CT molecular complexity index is 560. The van der Waals surface area contributed by atoms with Crippen LogP contribution in [0, 0.1) is 5.92 Å². The molecule has 110 valence electrons. The number of carbonyl (C=O) groups excluding carboxylic acids is 1. The number of aromatic nitrogens is 1. The summed E-state index contributed by atoms with van der Waals surface area (Å²) < 4.78 is 5.08. The second kappa shape index (κ2) is 6.43. The zero-order valence-electron chi connectivity index (χ0n) is 11.9. The zero-order valence-corrected chi connectivity index (χ0v) is 11.9. The van der Waals surface area contributed by atoms with Crippen molar-refractivity contribution in [1.82, 2.24) is 10.3 Å². The molecule has 0 unspecified atom stereocenters.